The number of Topliss-reactive ketones (excluding diaryl/α,β-unsaturated/α-hetero) is 1. The van der Waals surface area contributed by atoms with E-state index in [1.807, 2.05) is 0 Å². The fourth-order valence-electron chi connectivity index (χ4n) is 6.14. The number of aliphatic carboxylic acids is 1. The molecule has 2 aliphatic rings. The highest BCUT2D eigenvalue weighted by Crippen LogP contribution is 2.44. The first-order valence-electron chi connectivity index (χ1n) is 15.6. The van der Waals surface area contributed by atoms with Gasteiger partial charge in [-0.05, 0) is 50.5 Å². The summed E-state index contributed by atoms with van der Waals surface area (Å²) >= 11 is 0. The molecule has 4 N–H and O–H groups in total. The molecule has 7 atom stereocenters. The monoisotopic (exact) mass is 632 g/mol. The van der Waals surface area contributed by atoms with E-state index < -0.39 is 89.8 Å². The van der Waals surface area contributed by atoms with Crippen LogP contribution in [0.25, 0.3) is 0 Å². The van der Waals surface area contributed by atoms with E-state index in [1.165, 1.54) is 4.90 Å². The zero-order chi connectivity index (χ0) is 33.4. The third-order valence-corrected chi connectivity index (χ3v) is 8.36. The van der Waals surface area contributed by atoms with Crippen molar-refractivity contribution in [2.75, 3.05) is 6.54 Å². The van der Waals surface area contributed by atoms with Gasteiger partial charge in [0.15, 0.2) is 0 Å². The van der Waals surface area contributed by atoms with Gasteiger partial charge in [-0.2, -0.15) is 0 Å². The molecule has 45 heavy (non-hydrogen) atoms. The summed E-state index contributed by atoms with van der Waals surface area (Å²) in [5.74, 6) is -6.30. The summed E-state index contributed by atoms with van der Waals surface area (Å²) in [4.78, 5) is 79.4. The summed E-state index contributed by atoms with van der Waals surface area (Å²) in [6, 6.07) is 3.74. The number of carbonyl (C=O) groups is 6. The van der Waals surface area contributed by atoms with Gasteiger partial charge in [-0.1, -0.05) is 57.5 Å². The second kappa shape index (κ2) is 15.8. The number of likely N-dealkylation sites (tertiary alicyclic amines) is 1. The van der Waals surface area contributed by atoms with Crippen molar-refractivity contribution in [3.05, 3.63) is 35.9 Å². The van der Waals surface area contributed by atoms with Gasteiger partial charge in [0.2, 0.25) is 17.6 Å². The van der Waals surface area contributed by atoms with Crippen molar-refractivity contribution in [2.45, 2.75) is 103 Å². The highest BCUT2D eigenvalue weighted by Gasteiger charge is 2.54. The number of carboxylic acid groups (broad SMARTS) is 1. The number of amides is 4. The standard InChI is InChI=1S/C32H45FN4O8/c1-6-10-23(27(38)29(40)35-24(31(42)43)15-19-11-8-7-9-12-19)34-28(39)26-20-13-14-22(33)21(20)16-37(26)30(41)25(17(2)3)36-32(44)45-18(4)5/h7-9,11-12,17-18,20-26H,6,10,13-16H2,1-5H3,(H,34,39)(H,35,40)(H,36,44)(H,42,43)/t20-,21?,22?,23?,24+,25-,26-/m0/s1. The molecule has 1 aliphatic carbocycles. The first-order chi connectivity index (χ1) is 21.2. The summed E-state index contributed by atoms with van der Waals surface area (Å²) < 4.78 is 20.1. The molecule has 1 aromatic carbocycles. The summed E-state index contributed by atoms with van der Waals surface area (Å²) in [6.45, 7) is 8.47. The SMILES string of the molecule is CCCC(NC(=O)[C@@H]1[C@H]2CCC(F)C2CN1C(=O)[C@@H](NC(=O)OC(C)C)C(C)C)C(=O)C(=O)N[C@H](Cc1ccccc1)C(=O)O. The number of nitrogens with zero attached hydrogens (tertiary/aromatic N) is 1. The Balaban J connectivity index is 1.80. The van der Waals surface area contributed by atoms with Gasteiger partial charge in [0, 0.05) is 18.9 Å². The van der Waals surface area contributed by atoms with E-state index in [0.29, 0.717) is 18.4 Å². The van der Waals surface area contributed by atoms with Crippen LogP contribution in [-0.2, 0) is 35.1 Å². The maximum absolute atomic E-state index is 14.9. The van der Waals surface area contributed by atoms with Crippen LogP contribution in [0.3, 0.4) is 0 Å². The quantitative estimate of drug-likeness (QED) is 0.227. The summed E-state index contributed by atoms with van der Waals surface area (Å²) in [6.07, 6.45) is -1.46. The molecule has 0 aromatic heterocycles. The number of hydrogen-bond donors (Lipinski definition) is 4. The molecule has 1 aliphatic heterocycles. The van der Waals surface area contributed by atoms with Crippen LogP contribution in [0.4, 0.5) is 9.18 Å². The van der Waals surface area contributed by atoms with E-state index >= 15 is 0 Å². The van der Waals surface area contributed by atoms with Crippen molar-refractivity contribution in [3.8, 4) is 0 Å². The lowest BCUT2D eigenvalue weighted by molar-refractivity contribution is -0.146. The molecule has 1 saturated heterocycles. The van der Waals surface area contributed by atoms with Gasteiger partial charge >= 0.3 is 12.1 Å². The van der Waals surface area contributed by atoms with E-state index in [0.717, 1.165) is 0 Å². The van der Waals surface area contributed by atoms with Gasteiger partial charge in [0.1, 0.15) is 24.3 Å². The molecule has 0 spiro atoms. The van der Waals surface area contributed by atoms with Gasteiger partial charge in [-0.25, -0.2) is 14.0 Å². The van der Waals surface area contributed by atoms with Crippen LogP contribution in [0, 0.1) is 17.8 Å². The molecule has 3 unspecified atom stereocenters. The van der Waals surface area contributed by atoms with Crippen LogP contribution in [0.15, 0.2) is 30.3 Å². The molecule has 1 aromatic rings. The molecule has 0 bridgehead atoms. The van der Waals surface area contributed by atoms with Gasteiger partial charge in [0.25, 0.3) is 5.91 Å². The highest BCUT2D eigenvalue weighted by atomic mass is 19.1. The fourth-order valence-corrected chi connectivity index (χ4v) is 6.14. The number of ketones is 1. The van der Waals surface area contributed by atoms with Gasteiger partial charge in [-0.3, -0.25) is 19.2 Å². The molecule has 13 heteroatoms. The predicted molar refractivity (Wildman–Crippen MR) is 162 cm³/mol. The van der Waals surface area contributed by atoms with Crippen LogP contribution in [0.1, 0.15) is 65.9 Å². The third kappa shape index (κ3) is 9.01. The molecule has 4 amide bonds. The first-order valence-corrected chi connectivity index (χ1v) is 15.6. The van der Waals surface area contributed by atoms with Crippen molar-refractivity contribution in [1.29, 1.82) is 0 Å². The number of alkyl carbamates (subject to hydrolysis) is 1. The van der Waals surface area contributed by atoms with Crippen molar-refractivity contribution >= 4 is 35.6 Å². The number of carbonyl (C=O) groups excluding carboxylic acids is 5. The second-order valence-electron chi connectivity index (χ2n) is 12.4. The molecule has 3 rings (SSSR count). The third-order valence-electron chi connectivity index (χ3n) is 8.36. The molecule has 1 saturated carbocycles. The zero-order valence-corrected chi connectivity index (χ0v) is 26.5. The van der Waals surface area contributed by atoms with E-state index in [1.54, 1.807) is 65.0 Å². The minimum Gasteiger partial charge on any atom is -0.480 e. The Labute approximate surface area is 262 Å². The van der Waals surface area contributed by atoms with Crippen LogP contribution in [0.2, 0.25) is 0 Å². The molecule has 0 radical (unpaired) electrons. The van der Waals surface area contributed by atoms with Crippen LogP contribution in [0.5, 0.6) is 0 Å². The van der Waals surface area contributed by atoms with Gasteiger partial charge in [-0.15, -0.1) is 0 Å². The Morgan fingerprint density at radius 2 is 1.62 bits per heavy atom. The Hall–Kier alpha value is -4.03. The summed E-state index contributed by atoms with van der Waals surface area (Å²) in [7, 11) is 0. The largest absolute Gasteiger partial charge is 0.480 e. The number of benzene rings is 1. The van der Waals surface area contributed by atoms with E-state index in [2.05, 4.69) is 16.0 Å². The Morgan fingerprint density at radius 3 is 2.20 bits per heavy atom. The van der Waals surface area contributed by atoms with E-state index in [-0.39, 0.29) is 25.8 Å². The number of hydrogen-bond acceptors (Lipinski definition) is 7. The van der Waals surface area contributed by atoms with Crippen LogP contribution < -0.4 is 16.0 Å². The smallest absolute Gasteiger partial charge is 0.408 e. The van der Waals surface area contributed by atoms with Crippen molar-refractivity contribution in [2.24, 2.45) is 17.8 Å². The molecule has 12 nitrogen and oxygen atoms in total. The van der Waals surface area contributed by atoms with E-state index in [4.69, 9.17) is 4.74 Å². The zero-order valence-electron chi connectivity index (χ0n) is 26.5. The van der Waals surface area contributed by atoms with Crippen molar-refractivity contribution < 1.29 is 43.0 Å². The van der Waals surface area contributed by atoms with Crippen molar-refractivity contribution in [1.82, 2.24) is 20.9 Å². The lowest BCUT2D eigenvalue weighted by Crippen LogP contribution is -2.59. The molecular weight excluding hydrogens is 587 g/mol. The Bertz CT molecular complexity index is 1240. The predicted octanol–water partition coefficient (Wildman–Crippen LogP) is 2.39. The van der Waals surface area contributed by atoms with Crippen LogP contribution >= 0.6 is 0 Å². The molecule has 248 valence electrons. The highest BCUT2D eigenvalue weighted by molar-refractivity contribution is 6.38. The lowest BCUT2D eigenvalue weighted by Gasteiger charge is -2.32. The van der Waals surface area contributed by atoms with Crippen molar-refractivity contribution in [3.63, 3.8) is 0 Å². The first kappa shape index (κ1) is 35.4. The maximum atomic E-state index is 14.9. The van der Waals surface area contributed by atoms with Crippen LogP contribution in [-0.4, -0.2) is 88.6 Å². The number of nitrogens with one attached hydrogen (secondary N) is 3. The summed E-state index contributed by atoms with van der Waals surface area (Å²) in [5, 5.41) is 17.1. The van der Waals surface area contributed by atoms with E-state index in [9.17, 15) is 38.3 Å². The minimum atomic E-state index is -1.38. The Morgan fingerprint density at radius 1 is 0.956 bits per heavy atom. The lowest BCUT2D eigenvalue weighted by atomic mass is 9.92. The Kier molecular flexibility index (Phi) is 12.5. The number of carboxylic acids is 1. The number of fused-ring (bicyclic) bond motifs is 1. The van der Waals surface area contributed by atoms with Gasteiger partial charge < -0.3 is 30.7 Å². The molecule has 2 fully saturated rings. The number of rotatable bonds is 14. The second-order valence-corrected chi connectivity index (χ2v) is 12.4. The summed E-state index contributed by atoms with van der Waals surface area (Å²) in [5.41, 5.74) is 0.644. The number of alkyl halides is 1. The topological polar surface area (TPSA) is 171 Å². The maximum Gasteiger partial charge on any atom is 0.408 e. The number of ether oxygens (including phenoxy) is 1. The molecule has 1 heterocycles. The minimum absolute atomic E-state index is 0.0421. The molecular formula is C32H45FN4O8. The van der Waals surface area contributed by atoms with Gasteiger partial charge in [0.05, 0.1) is 12.1 Å². The number of halogens is 1. The average molecular weight is 633 g/mol. The average Bonchev–Trinajstić information content (AvgIpc) is 3.53. The normalized spacial score (nSPS) is 22.7. The fraction of sp³-hybridized carbons (Fsp3) is 0.625.